The molecule has 0 unspecified atom stereocenters. The molecule has 0 radical (unpaired) electrons. The topological polar surface area (TPSA) is 34.9 Å². The van der Waals surface area contributed by atoms with Gasteiger partial charge in [0.1, 0.15) is 0 Å². The lowest BCUT2D eigenvalue weighted by atomic mass is 10.2. The van der Waals surface area contributed by atoms with E-state index in [1.54, 1.807) is 12.1 Å². The number of aromatic nitrogens is 2. The summed E-state index contributed by atoms with van der Waals surface area (Å²) < 4.78 is 1.49. The number of hydrogen-bond acceptors (Lipinski definition) is 2. The molecule has 3 nitrogen and oxygen atoms in total. The molecular weight excluding hydrogens is 272 g/mol. The highest BCUT2D eigenvalue weighted by atomic mass is 16.1. The highest BCUT2D eigenvalue weighted by Gasteiger charge is 2.00. The molecule has 0 spiro atoms. The van der Waals surface area contributed by atoms with Crippen LogP contribution in [0.1, 0.15) is 16.8 Å². The van der Waals surface area contributed by atoms with Crippen LogP contribution >= 0.6 is 0 Å². The van der Waals surface area contributed by atoms with Crippen molar-refractivity contribution in [3.8, 4) is 0 Å². The van der Waals surface area contributed by atoms with Crippen LogP contribution in [0.4, 0.5) is 0 Å². The van der Waals surface area contributed by atoms with E-state index in [-0.39, 0.29) is 5.56 Å². The lowest BCUT2D eigenvalue weighted by molar-refractivity contribution is 0.636. The van der Waals surface area contributed by atoms with Crippen LogP contribution in [0, 0.1) is 0 Å². The molecule has 3 aromatic rings. The van der Waals surface area contributed by atoms with E-state index in [0.29, 0.717) is 6.54 Å². The van der Waals surface area contributed by atoms with E-state index < -0.39 is 0 Å². The van der Waals surface area contributed by atoms with E-state index >= 15 is 0 Å². The van der Waals surface area contributed by atoms with Crippen LogP contribution in [0.15, 0.2) is 77.6 Å². The smallest absolute Gasteiger partial charge is 0.267 e. The Hall–Kier alpha value is -2.94. The third-order valence-corrected chi connectivity index (χ3v) is 3.31. The van der Waals surface area contributed by atoms with Gasteiger partial charge in [0.2, 0.25) is 0 Å². The fraction of sp³-hybridized carbons (Fsp3) is 0.0526. The average Bonchev–Trinajstić information content (AvgIpc) is 2.57. The third kappa shape index (κ3) is 3.58. The molecule has 22 heavy (non-hydrogen) atoms. The Balaban J connectivity index is 1.84. The second-order valence-electron chi connectivity index (χ2n) is 4.98. The maximum atomic E-state index is 11.9. The summed E-state index contributed by atoms with van der Waals surface area (Å²) in [5.74, 6) is 0. The Morgan fingerprint density at radius 3 is 2.23 bits per heavy atom. The van der Waals surface area contributed by atoms with Crippen LogP contribution in [-0.4, -0.2) is 9.78 Å². The van der Waals surface area contributed by atoms with Gasteiger partial charge in [-0.15, -0.1) is 0 Å². The van der Waals surface area contributed by atoms with E-state index in [0.717, 1.165) is 16.8 Å². The molecule has 0 saturated heterocycles. The molecule has 0 aliphatic rings. The zero-order valence-electron chi connectivity index (χ0n) is 12.1. The number of rotatable bonds is 4. The largest absolute Gasteiger partial charge is 0.268 e. The maximum Gasteiger partial charge on any atom is 0.267 e. The molecule has 3 heteroatoms. The van der Waals surface area contributed by atoms with Crippen LogP contribution in [0.3, 0.4) is 0 Å². The summed E-state index contributed by atoms with van der Waals surface area (Å²) >= 11 is 0. The molecule has 0 bridgehead atoms. The summed E-state index contributed by atoms with van der Waals surface area (Å²) in [6.07, 6.45) is 3.90. The second-order valence-corrected chi connectivity index (χ2v) is 4.98. The minimum Gasteiger partial charge on any atom is -0.268 e. The monoisotopic (exact) mass is 288 g/mol. The first-order chi connectivity index (χ1) is 10.8. The highest BCUT2D eigenvalue weighted by molar-refractivity contribution is 5.67. The van der Waals surface area contributed by atoms with Crippen LogP contribution in [0.5, 0.6) is 0 Å². The first-order valence-electron chi connectivity index (χ1n) is 7.16. The van der Waals surface area contributed by atoms with E-state index in [9.17, 15) is 4.79 Å². The summed E-state index contributed by atoms with van der Waals surface area (Å²) in [6.45, 7) is 0.479. The van der Waals surface area contributed by atoms with Gasteiger partial charge in [0.15, 0.2) is 0 Å². The van der Waals surface area contributed by atoms with Crippen LogP contribution in [0.25, 0.3) is 12.2 Å². The quantitative estimate of drug-likeness (QED) is 0.737. The molecule has 1 heterocycles. The van der Waals surface area contributed by atoms with E-state index in [1.807, 2.05) is 72.8 Å². The molecule has 2 aromatic carbocycles. The first-order valence-corrected chi connectivity index (χ1v) is 7.16. The van der Waals surface area contributed by atoms with Crippen molar-refractivity contribution in [3.63, 3.8) is 0 Å². The van der Waals surface area contributed by atoms with E-state index in [1.165, 1.54) is 4.68 Å². The Morgan fingerprint density at radius 1 is 0.818 bits per heavy atom. The highest BCUT2D eigenvalue weighted by Crippen LogP contribution is 2.05. The molecule has 3 rings (SSSR count). The summed E-state index contributed by atoms with van der Waals surface area (Å²) in [7, 11) is 0. The standard InChI is InChI=1S/C19H16N2O/c22-19-14-13-18(12-11-16-7-3-1-4-8-16)20-21(19)15-17-9-5-2-6-10-17/h1-14H,15H2/b12-11+. The zero-order valence-corrected chi connectivity index (χ0v) is 12.1. The molecule has 0 aliphatic carbocycles. The maximum absolute atomic E-state index is 11.9. The van der Waals surface area contributed by atoms with Crippen molar-refractivity contribution in [3.05, 3.63) is 100.0 Å². The van der Waals surface area contributed by atoms with Crippen LogP contribution in [-0.2, 0) is 6.54 Å². The lowest BCUT2D eigenvalue weighted by Gasteiger charge is -2.05. The summed E-state index contributed by atoms with van der Waals surface area (Å²) in [6, 6.07) is 23.2. The lowest BCUT2D eigenvalue weighted by Crippen LogP contribution is -2.22. The molecular formula is C19H16N2O. The van der Waals surface area contributed by atoms with Gasteiger partial charge in [-0.25, -0.2) is 4.68 Å². The van der Waals surface area contributed by atoms with E-state index in [2.05, 4.69) is 5.10 Å². The van der Waals surface area contributed by atoms with Crippen molar-refractivity contribution >= 4 is 12.2 Å². The van der Waals surface area contributed by atoms with Gasteiger partial charge < -0.3 is 0 Å². The first kappa shape index (κ1) is 14.0. The molecule has 108 valence electrons. The number of benzene rings is 2. The Kier molecular flexibility index (Phi) is 4.25. The Morgan fingerprint density at radius 2 is 1.50 bits per heavy atom. The zero-order chi connectivity index (χ0) is 15.2. The van der Waals surface area contributed by atoms with Crippen molar-refractivity contribution in [1.29, 1.82) is 0 Å². The Labute approximate surface area is 129 Å². The van der Waals surface area contributed by atoms with Gasteiger partial charge >= 0.3 is 0 Å². The van der Waals surface area contributed by atoms with Gasteiger partial charge in [-0.05, 0) is 23.3 Å². The van der Waals surface area contributed by atoms with Crippen molar-refractivity contribution in [2.75, 3.05) is 0 Å². The predicted molar refractivity (Wildman–Crippen MR) is 89.4 cm³/mol. The van der Waals surface area contributed by atoms with Crippen molar-refractivity contribution in [2.24, 2.45) is 0 Å². The second kappa shape index (κ2) is 6.68. The normalized spacial score (nSPS) is 10.9. The molecule has 0 atom stereocenters. The van der Waals surface area contributed by atoms with Gasteiger partial charge in [0.05, 0.1) is 12.2 Å². The molecule has 0 N–H and O–H groups in total. The van der Waals surface area contributed by atoms with Gasteiger partial charge in [-0.1, -0.05) is 66.7 Å². The fourth-order valence-electron chi connectivity index (χ4n) is 2.17. The van der Waals surface area contributed by atoms with Gasteiger partial charge in [-0.2, -0.15) is 5.10 Å². The SMILES string of the molecule is O=c1ccc(/C=C/c2ccccc2)nn1Cc1ccccc1. The number of hydrogen-bond donors (Lipinski definition) is 0. The predicted octanol–water partition coefficient (Wildman–Crippen LogP) is 3.46. The summed E-state index contributed by atoms with van der Waals surface area (Å²) in [5.41, 5.74) is 2.83. The fourth-order valence-corrected chi connectivity index (χ4v) is 2.17. The van der Waals surface area contributed by atoms with Crippen LogP contribution < -0.4 is 5.56 Å². The van der Waals surface area contributed by atoms with Crippen molar-refractivity contribution in [1.82, 2.24) is 9.78 Å². The van der Waals surface area contributed by atoms with Gasteiger partial charge in [-0.3, -0.25) is 4.79 Å². The van der Waals surface area contributed by atoms with Crippen molar-refractivity contribution < 1.29 is 0 Å². The van der Waals surface area contributed by atoms with E-state index in [4.69, 9.17) is 0 Å². The van der Waals surface area contributed by atoms with Crippen molar-refractivity contribution in [2.45, 2.75) is 6.54 Å². The minimum atomic E-state index is -0.0966. The molecule has 0 amide bonds. The molecule has 1 aromatic heterocycles. The number of nitrogens with zero attached hydrogens (tertiary/aromatic N) is 2. The summed E-state index contributed by atoms with van der Waals surface area (Å²) in [4.78, 5) is 11.9. The Bertz CT molecular complexity index is 821. The molecule has 0 fully saturated rings. The minimum absolute atomic E-state index is 0.0966. The van der Waals surface area contributed by atoms with Crippen LogP contribution in [0.2, 0.25) is 0 Å². The van der Waals surface area contributed by atoms with Gasteiger partial charge in [0.25, 0.3) is 5.56 Å². The average molecular weight is 288 g/mol. The van der Waals surface area contributed by atoms with Gasteiger partial charge in [0, 0.05) is 6.07 Å². The third-order valence-electron chi connectivity index (χ3n) is 3.31. The molecule has 0 aliphatic heterocycles. The summed E-state index contributed by atoms with van der Waals surface area (Å²) in [5, 5.41) is 4.40. The molecule has 0 saturated carbocycles.